The number of methoxy groups -OCH3 is 1. The number of ether oxygens (including phenoxy) is 2. The van der Waals surface area contributed by atoms with Crippen LogP contribution in [0.1, 0.15) is 47.1 Å². The zero-order valence-electron chi connectivity index (χ0n) is 15.9. The molecular formula is C20H23N3O4. The Kier molecular flexibility index (Phi) is 5.03. The van der Waals surface area contributed by atoms with Crippen molar-refractivity contribution in [3.8, 4) is 5.75 Å². The van der Waals surface area contributed by atoms with Gasteiger partial charge in [0.15, 0.2) is 0 Å². The number of nitrogens with two attached hydrogens (primary N) is 1. The third kappa shape index (κ3) is 3.20. The minimum absolute atomic E-state index is 0.104. The van der Waals surface area contributed by atoms with Crippen molar-refractivity contribution >= 4 is 23.4 Å². The lowest BCUT2D eigenvalue weighted by Gasteiger charge is -2.25. The van der Waals surface area contributed by atoms with Crippen LogP contribution >= 0.6 is 0 Å². The third-order valence-electron chi connectivity index (χ3n) is 4.79. The van der Waals surface area contributed by atoms with Crippen molar-refractivity contribution in [1.29, 1.82) is 0 Å². The number of amides is 1. The first-order valence-electron chi connectivity index (χ1n) is 8.81. The lowest BCUT2D eigenvalue weighted by atomic mass is 10.1. The number of hydrogen-bond acceptors (Lipinski definition) is 6. The molecule has 0 saturated carbocycles. The number of anilines is 2. The average molecular weight is 369 g/mol. The van der Waals surface area contributed by atoms with Crippen LogP contribution in [0, 0.1) is 6.92 Å². The van der Waals surface area contributed by atoms with Crippen molar-refractivity contribution in [2.45, 2.75) is 33.2 Å². The molecule has 0 aliphatic carbocycles. The highest BCUT2D eigenvalue weighted by Crippen LogP contribution is 2.39. The number of nitrogens with zero attached hydrogens (tertiary/aromatic N) is 2. The number of carbonyl (C=O) groups is 2. The fraction of sp³-hybridized carbons (Fsp3) is 0.350. The molecule has 0 saturated heterocycles. The predicted molar refractivity (Wildman–Crippen MR) is 102 cm³/mol. The molecule has 2 aromatic rings. The Bertz CT molecular complexity index is 893. The Hall–Kier alpha value is -3.09. The largest absolute Gasteiger partial charge is 0.497 e. The summed E-state index contributed by atoms with van der Waals surface area (Å²) < 4.78 is 10.3. The van der Waals surface area contributed by atoms with Gasteiger partial charge in [-0.15, -0.1) is 0 Å². The summed E-state index contributed by atoms with van der Waals surface area (Å²) in [6.45, 7) is 5.60. The van der Waals surface area contributed by atoms with Gasteiger partial charge in [0.2, 0.25) is 5.91 Å². The van der Waals surface area contributed by atoms with E-state index < -0.39 is 5.97 Å². The van der Waals surface area contributed by atoms with Crippen molar-refractivity contribution in [2.24, 2.45) is 0 Å². The Balaban J connectivity index is 2.02. The second kappa shape index (κ2) is 7.26. The normalized spacial score (nSPS) is 14.1. The van der Waals surface area contributed by atoms with E-state index in [1.54, 1.807) is 25.9 Å². The molecule has 1 amide bonds. The molecular weight excluding hydrogens is 346 g/mol. The number of rotatable bonds is 5. The number of aromatic nitrogens is 1. The third-order valence-corrected chi connectivity index (χ3v) is 4.79. The van der Waals surface area contributed by atoms with Gasteiger partial charge in [-0.1, -0.05) is 12.1 Å². The maximum atomic E-state index is 12.7. The Morgan fingerprint density at radius 2 is 2.00 bits per heavy atom. The monoisotopic (exact) mass is 369 g/mol. The van der Waals surface area contributed by atoms with Gasteiger partial charge in [0, 0.05) is 5.56 Å². The number of fused-ring (bicyclic) bond motifs is 1. The maximum absolute atomic E-state index is 12.7. The highest BCUT2D eigenvalue weighted by Gasteiger charge is 2.37. The first-order valence-corrected chi connectivity index (χ1v) is 8.81. The quantitative estimate of drug-likeness (QED) is 0.815. The number of esters is 1. The minimum Gasteiger partial charge on any atom is -0.497 e. The summed E-state index contributed by atoms with van der Waals surface area (Å²) in [6.07, 6.45) is 0.112. The van der Waals surface area contributed by atoms with Gasteiger partial charge in [-0.3, -0.25) is 9.69 Å². The molecule has 1 aromatic heterocycles. The number of carbonyl (C=O) groups excluding carboxylic acids is 2. The zero-order chi connectivity index (χ0) is 19.7. The number of benzene rings is 1. The maximum Gasteiger partial charge on any atom is 0.342 e. The molecule has 0 bridgehead atoms. The molecule has 27 heavy (non-hydrogen) atoms. The van der Waals surface area contributed by atoms with E-state index in [1.807, 2.05) is 31.2 Å². The molecule has 7 heteroatoms. The lowest BCUT2D eigenvalue weighted by molar-refractivity contribution is -0.117. The first-order chi connectivity index (χ1) is 12.9. The van der Waals surface area contributed by atoms with Gasteiger partial charge in [-0.05, 0) is 38.5 Å². The van der Waals surface area contributed by atoms with Crippen LogP contribution in [-0.2, 0) is 16.0 Å². The van der Waals surface area contributed by atoms with Crippen LogP contribution in [0.2, 0.25) is 0 Å². The molecule has 3 rings (SSSR count). The summed E-state index contributed by atoms with van der Waals surface area (Å²) in [5.74, 6) is 0.632. The Morgan fingerprint density at radius 1 is 1.33 bits per heavy atom. The van der Waals surface area contributed by atoms with Crippen molar-refractivity contribution in [3.63, 3.8) is 0 Å². The topological polar surface area (TPSA) is 94.8 Å². The Morgan fingerprint density at radius 3 is 2.59 bits per heavy atom. The van der Waals surface area contributed by atoms with E-state index in [1.165, 1.54) is 0 Å². The standard InChI is InChI=1S/C20H23N3O4/c1-5-27-20(25)17-11(2)22-19-15(18(17)21)10-16(24)23(19)12(3)13-6-8-14(26-4)9-7-13/h6-9,12H,5,10H2,1-4H3,(H2,21,22)/t12-/m0/s1. The van der Waals surface area contributed by atoms with Gasteiger partial charge >= 0.3 is 5.97 Å². The predicted octanol–water partition coefficient (Wildman–Crippen LogP) is 2.81. The lowest BCUT2D eigenvalue weighted by Crippen LogP contribution is -2.30. The van der Waals surface area contributed by atoms with E-state index in [4.69, 9.17) is 15.2 Å². The SMILES string of the molecule is CCOC(=O)c1c(C)nc2c(c1N)CC(=O)N2[C@@H](C)c1ccc(OC)cc1. The number of nitrogen functional groups attached to an aromatic ring is 1. The van der Waals surface area contributed by atoms with Gasteiger partial charge in [0.1, 0.15) is 17.1 Å². The summed E-state index contributed by atoms with van der Waals surface area (Å²) in [5, 5.41) is 0. The summed E-state index contributed by atoms with van der Waals surface area (Å²) in [7, 11) is 1.61. The van der Waals surface area contributed by atoms with E-state index in [0.29, 0.717) is 17.1 Å². The second-order valence-corrected chi connectivity index (χ2v) is 6.40. The number of aryl methyl sites for hydroxylation is 1. The van der Waals surface area contributed by atoms with E-state index in [0.717, 1.165) is 11.3 Å². The zero-order valence-corrected chi connectivity index (χ0v) is 15.9. The highest BCUT2D eigenvalue weighted by molar-refractivity contribution is 6.06. The van der Waals surface area contributed by atoms with E-state index in [2.05, 4.69) is 4.98 Å². The fourth-order valence-corrected chi connectivity index (χ4v) is 3.37. The van der Waals surface area contributed by atoms with Gasteiger partial charge in [-0.2, -0.15) is 0 Å². The van der Waals surface area contributed by atoms with E-state index in [9.17, 15) is 9.59 Å². The van der Waals surface area contributed by atoms with Gasteiger partial charge in [0.05, 0.1) is 37.6 Å². The molecule has 142 valence electrons. The summed E-state index contributed by atoms with van der Waals surface area (Å²) in [6, 6.07) is 7.30. The van der Waals surface area contributed by atoms with E-state index >= 15 is 0 Å². The number of pyridine rings is 1. The average Bonchev–Trinajstić information content (AvgIpc) is 2.97. The minimum atomic E-state index is -0.517. The molecule has 1 aromatic carbocycles. The molecule has 2 heterocycles. The first kappa shape index (κ1) is 18.7. The molecule has 0 unspecified atom stereocenters. The summed E-state index contributed by atoms with van der Waals surface area (Å²) in [4.78, 5) is 31.1. The van der Waals surface area contributed by atoms with Crippen molar-refractivity contribution in [1.82, 2.24) is 4.98 Å². The van der Waals surface area contributed by atoms with Crippen LogP contribution < -0.4 is 15.4 Å². The molecule has 1 aliphatic heterocycles. The van der Waals surface area contributed by atoms with Gasteiger partial charge in [0.25, 0.3) is 0 Å². The smallest absolute Gasteiger partial charge is 0.342 e. The molecule has 2 N–H and O–H groups in total. The van der Waals surface area contributed by atoms with Crippen LogP contribution in [-0.4, -0.2) is 30.6 Å². The van der Waals surface area contributed by atoms with Gasteiger partial charge in [-0.25, -0.2) is 9.78 Å². The molecule has 7 nitrogen and oxygen atoms in total. The van der Waals surface area contributed by atoms with Crippen LogP contribution in [0.3, 0.4) is 0 Å². The number of hydrogen-bond donors (Lipinski definition) is 1. The van der Waals surface area contributed by atoms with Crippen LogP contribution in [0.4, 0.5) is 11.5 Å². The summed E-state index contributed by atoms with van der Waals surface area (Å²) >= 11 is 0. The second-order valence-electron chi connectivity index (χ2n) is 6.40. The molecule has 0 spiro atoms. The van der Waals surface area contributed by atoms with Crippen LogP contribution in [0.5, 0.6) is 5.75 Å². The van der Waals surface area contributed by atoms with Crippen LogP contribution in [0.25, 0.3) is 0 Å². The van der Waals surface area contributed by atoms with Crippen molar-refractivity contribution < 1.29 is 19.1 Å². The molecule has 0 radical (unpaired) electrons. The fourth-order valence-electron chi connectivity index (χ4n) is 3.37. The Labute approximate surface area is 158 Å². The molecule has 0 fully saturated rings. The highest BCUT2D eigenvalue weighted by atomic mass is 16.5. The molecule has 1 atom stereocenters. The van der Waals surface area contributed by atoms with Gasteiger partial charge < -0.3 is 15.2 Å². The van der Waals surface area contributed by atoms with E-state index in [-0.39, 0.29) is 36.2 Å². The van der Waals surface area contributed by atoms with Crippen LogP contribution in [0.15, 0.2) is 24.3 Å². The van der Waals surface area contributed by atoms with Crippen molar-refractivity contribution in [2.75, 3.05) is 24.4 Å². The summed E-state index contributed by atoms with van der Waals surface area (Å²) in [5.41, 5.74) is 8.72. The molecule has 1 aliphatic rings. The van der Waals surface area contributed by atoms with Crippen molar-refractivity contribution in [3.05, 3.63) is 46.6 Å².